The number of unbranched alkanes of at least 4 members (excludes halogenated alkanes) is 2. The topological polar surface area (TPSA) is 738 Å². The number of carbonyl (C=O) groups is 16. The van der Waals surface area contributed by atoms with Crippen molar-refractivity contribution in [2.24, 2.45) is 22.9 Å². The highest BCUT2D eigenvalue weighted by Gasteiger charge is 2.56. The summed E-state index contributed by atoms with van der Waals surface area (Å²) in [5.74, 6) is -18.2. The van der Waals surface area contributed by atoms with Crippen LogP contribution in [0.25, 0.3) is 0 Å². The number of hydrogen-bond acceptors (Lipinski definition) is 30. The van der Waals surface area contributed by atoms with Crippen molar-refractivity contribution in [3.63, 3.8) is 0 Å². The molecule has 3 aromatic carbocycles. The second-order valence-corrected chi connectivity index (χ2v) is 35.1. The SMILES string of the molecule is C[C@@H](O)[C@H](NC(=O)COCCOCCNC(=O)CCN(CCC(=O)NCCOCCOCC(=O)N[C@H](C(=O)N[C@@H](CCCCN)C(=O)N1CCC[C@H]1C(=O)N1CCC[C@H]1C(=O)N[C@@H](CCCNC(=N)N)C(=O)O)[C@@H](C)O)C(=O)c1ccc2c(c1)C(=O)OC21c2cc(F)c(O)cc2Oc2cc(O)c(F)cc21)C(=O)N[C@@H](CCCCN)C(=O)N1CCC[C@H]1C(=O)N1CCC[C@H]1C(=O)N[C@@H](CCCNC(=N)N)C(=O)O. The zero-order valence-corrected chi connectivity index (χ0v) is 79.2. The van der Waals surface area contributed by atoms with Gasteiger partial charge in [0.15, 0.2) is 40.7 Å². The third-order valence-corrected chi connectivity index (χ3v) is 24.8. The molecule has 13 amide bonds. The summed E-state index contributed by atoms with van der Waals surface area (Å²) in [6, 6.07) is -5.39. The molecule has 49 nitrogen and oxygen atoms in total. The summed E-state index contributed by atoms with van der Waals surface area (Å²) in [5.41, 5.74) is 19.1. The summed E-state index contributed by atoms with van der Waals surface area (Å²) in [4.78, 5) is 226. The number of guanidine groups is 2. The number of nitrogens with one attached hydrogen (secondary N) is 12. The van der Waals surface area contributed by atoms with E-state index < -0.39 is 209 Å². The first-order valence-corrected chi connectivity index (χ1v) is 47.5. The van der Waals surface area contributed by atoms with Crippen LogP contribution in [0.2, 0.25) is 0 Å². The fourth-order valence-corrected chi connectivity index (χ4v) is 17.6. The number of amides is 13. The van der Waals surface area contributed by atoms with E-state index in [0.29, 0.717) is 51.4 Å². The predicted octanol–water partition coefficient (Wildman–Crippen LogP) is -3.95. The molecule has 1 spiro atoms. The quantitative estimate of drug-likeness (QED) is 0.0111. The average Bonchev–Trinajstić information content (AvgIpc) is 1.50. The highest BCUT2D eigenvalue weighted by molar-refractivity contribution is 6.03. The second-order valence-electron chi connectivity index (χ2n) is 35.1. The van der Waals surface area contributed by atoms with Gasteiger partial charge in [-0.2, -0.15) is 0 Å². The number of nitrogens with two attached hydrogens (primary N) is 4. The van der Waals surface area contributed by atoms with Gasteiger partial charge in [-0.1, -0.05) is 6.07 Å². The first-order chi connectivity index (χ1) is 67.8. The number of benzene rings is 3. The number of ether oxygens (including phenoxy) is 6. The highest BCUT2D eigenvalue weighted by Crippen LogP contribution is 2.58. The minimum absolute atomic E-state index is 0.00102. The van der Waals surface area contributed by atoms with E-state index in [1.54, 1.807) is 0 Å². The number of nitrogens with zero attached hydrogens (tertiary/aromatic N) is 5. The van der Waals surface area contributed by atoms with Gasteiger partial charge < -0.3 is 160 Å². The summed E-state index contributed by atoms with van der Waals surface area (Å²) in [6.45, 7) is 0.784. The van der Waals surface area contributed by atoms with Crippen molar-refractivity contribution < 1.29 is 145 Å². The number of fused-ring (bicyclic) bond motifs is 6. The van der Waals surface area contributed by atoms with E-state index in [1.165, 1.54) is 45.6 Å². The maximum Gasteiger partial charge on any atom is 0.340 e. The van der Waals surface area contributed by atoms with Crippen LogP contribution in [0, 0.1) is 22.5 Å². The van der Waals surface area contributed by atoms with Gasteiger partial charge >= 0.3 is 17.9 Å². The van der Waals surface area contributed by atoms with Crippen LogP contribution in [0.3, 0.4) is 0 Å². The molecule has 12 atom stereocenters. The summed E-state index contributed by atoms with van der Waals surface area (Å²) < 4.78 is 64.6. The third kappa shape index (κ3) is 30.8. The molecular formula is C91H131F2N21O28. The highest BCUT2D eigenvalue weighted by atomic mass is 19.1. The van der Waals surface area contributed by atoms with E-state index in [9.17, 15) is 107 Å². The van der Waals surface area contributed by atoms with Crippen LogP contribution in [0.15, 0.2) is 42.5 Å². The normalized spacial score (nSPS) is 18.1. The summed E-state index contributed by atoms with van der Waals surface area (Å²) in [7, 11) is 0. The van der Waals surface area contributed by atoms with Gasteiger partial charge in [0.25, 0.3) is 5.91 Å². The molecule has 6 aliphatic heterocycles. The van der Waals surface area contributed by atoms with Crippen LogP contribution in [-0.2, 0) is 96.4 Å². The van der Waals surface area contributed by atoms with Crippen molar-refractivity contribution in [1.82, 2.24) is 77.7 Å². The summed E-state index contributed by atoms with van der Waals surface area (Å²) >= 11 is 0. The Hall–Kier alpha value is -13.3. The Morgan fingerprint density at radius 3 is 1.27 bits per heavy atom. The number of phenols is 2. The van der Waals surface area contributed by atoms with Crippen molar-refractivity contribution in [2.45, 2.75) is 220 Å². The van der Waals surface area contributed by atoms with Gasteiger partial charge in [0.2, 0.25) is 70.9 Å². The zero-order chi connectivity index (χ0) is 104. The smallest absolute Gasteiger partial charge is 0.340 e. The molecule has 0 bridgehead atoms. The van der Waals surface area contributed by atoms with Crippen molar-refractivity contribution in [2.75, 3.05) is 131 Å². The van der Waals surface area contributed by atoms with Crippen LogP contribution in [-0.4, -0.2) is 366 Å². The lowest BCUT2D eigenvalue weighted by Gasteiger charge is -2.36. The lowest BCUT2D eigenvalue weighted by Crippen LogP contribution is -2.59. The van der Waals surface area contributed by atoms with Gasteiger partial charge in [0.05, 0.1) is 68.5 Å². The van der Waals surface area contributed by atoms with Crippen LogP contribution in [0.1, 0.15) is 180 Å². The van der Waals surface area contributed by atoms with Crippen molar-refractivity contribution >= 4 is 107 Å². The molecule has 0 radical (unpaired) electrons. The molecule has 142 heavy (non-hydrogen) atoms. The zero-order valence-electron chi connectivity index (χ0n) is 79.2. The Labute approximate surface area is 816 Å². The molecule has 0 unspecified atom stereocenters. The summed E-state index contributed by atoms with van der Waals surface area (Å²) in [6.07, 6.45) is 0.892. The molecular weight excluding hydrogens is 1870 g/mol. The van der Waals surface area contributed by atoms with Crippen LogP contribution in [0.4, 0.5) is 8.78 Å². The Morgan fingerprint density at radius 2 is 0.880 bits per heavy atom. The largest absolute Gasteiger partial charge is 0.505 e. The van der Waals surface area contributed by atoms with Crippen LogP contribution >= 0.6 is 0 Å². The number of rotatable bonds is 57. The van der Waals surface area contributed by atoms with Crippen LogP contribution < -0.4 is 80.8 Å². The standard InChI is InChI=1S/C91H131F2N21O28/c1-50(115)75(79(125)104-59(13-3-5-25-94)82(128)113-33-11-19-65(113)84(130)111-31-9-17-63(111)77(123)106-61(86(132)133)15-7-27-102-89(96)97)108-73(121)48-139-41-39-137-37-29-100-71(119)23-35-110(81(127)52-21-22-54-53(43-52)88(136)142-91(54)55-44-57(92)67(117)46-69(55)141-70-47-68(118)58(93)45-56(70)91)36-24-72(120)101-30-38-138-40-42-140-49-74(122)109-76(51(2)116)80(126)105-60(14-4-6-26-95)83(129)114-34-12-20-66(114)85(131)112-32-10-18-64(112)78(124)107-62(87(134)135)16-8-28-103-90(98)99/h21-22,43-47,50-51,59-66,75-76,115-118H,3-20,23-42,48-49,94-95H2,1-2H3,(H,100,119)(H,101,120)(H,104,125)(H,105,126)(H,106,123)(H,107,124)(H,108,121)(H,109,122)(H,132,133)(H,134,135)(H4,96,97,102)(H4,98,99,103)/t50-,51-,59+,60+,61+,62+,63+,64+,65+,66+,75+,76+/m1/s1. The molecule has 782 valence electrons. The van der Waals surface area contributed by atoms with Gasteiger partial charge in [-0.15, -0.1) is 0 Å². The molecule has 3 aromatic rings. The number of aromatic hydroxyl groups is 2. The van der Waals surface area contributed by atoms with Gasteiger partial charge in [0, 0.05) is 102 Å². The van der Waals surface area contributed by atoms with Gasteiger partial charge in [-0.3, -0.25) is 73.1 Å². The van der Waals surface area contributed by atoms with Gasteiger partial charge in [0.1, 0.15) is 85.1 Å². The number of carbonyl (C=O) groups excluding carboxylic acids is 14. The molecule has 26 N–H and O–H groups in total. The van der Waals surface area contributed by atoms with Crippen molar-refractivity contribution in [1.29, 1.82) is 10.8 Å². The molecule has 0 aliphatic carbocycles. The number of halogens is 2. The number of hydrogen-bond donors (Lipinski definition) is 22. The number of aliphatic hydroxyl groups excluding tert-OH is 2. The molecule has 9 rings (SSSR count). The number of carboxylic acids is 2. The summed E-state index contributed by atoms with van der Waals surface area (Å²) in [5, 5.41) is 102. The predicted molar refractivity (Wildman–Crippen MR) is 496 cm³/mol. The fraction of sp³-hybridized carbons (Fsp3) is 0.604. The molecule has 0 saturated carbocycles. The Balaban J connectivity index is 0.738. The molecule has 6 aliphatic rings. The first kappa shape index (κ1) is 112. The van der Waals surface area contributed by atoms with E-state index in [4.69, 9.17) is 62.2 Å². The number of aliphatic hydroxyl groups is 2. The minimum atomic E-state index is -2.17. The first-order valence-electron chi connectivity index (χ1n) is 47.5. The Morgan fingerprint density at radius 1 is 0.486 bits per heavy atom. The average molecular weight is 2010 g/mol. The minimum Gasteiger partial charge on any atom is -0.505 e. The second kappa shape index (κ2) is 54.6. The van der Waals surface area contributed by atoms with Crippen molar-refractivity contribution in [3.05, 3.63) is 81.9 Å². The van der Waals surface area contributed by atoms with Crippen LogP contribution in [0.5, 0.6) is 23.0 Å². The fourth-order valence-electron chi connectivity index (χ4n) is 17.6. The van der Waals surface area contributed by atoms with Gasteiger partial charge in [-0.05, 0) is 167 Å². The molecule has 0 aromatic heterocycles. The van der Waals surface area contributed by atoms with E-state index >= 15 is 8.78 Å². The number of esters is 1. The Kier molecular flexibility index (Phi) is 43.2. The number of likely N-dealkylation sites (tertiary alicyclic amines) is 4. The lowest BCUT2D eigenvalue weighted by molar-refractivity contribution is -0.149. The number of phenolic OH excluding ortho intramolecular Hbond substituents is 2. The molecule has 4 fully saturated rings. The third-order valence-electron chi connectivity index (χ3n) is 24.8. The molecule has 4 saturated heterocycles. The monoisotopic (exact) mass is 2000 g/mol. The lowest BCUT2D eigenvalue weighted by atomic mass is 9.77. The maximum absolute atomic E-state index is 15.3. The van der Waals surface area contributed by atoms with E-state index in [-0.39, 0.29) is 246 Å². The van der Waals surface area contributed by atoms with E-state index in [2.05, 4.69) is 53.2 Å². The maximum atomic E-state index is 15.3. The van der Waals surface area contributed by atoms with E-state index in [0.717, 1.165) is 35.2 Å². The number of carboxylic acid groups (broad SMARTS) is 2. The van der Waals surface area contributed by atoms with E-state index in [1.807, 2.05) is 0 Å². The van der Waals surface area contributed by atoms with Crippen molar-refractivity contribution in [3.8, 4) is 23.0 Å². The van der Waals surface area contributed by atoms with Gasteiger partial charge in [-0.25, -0.2) is 23.2 Å². The number of aliphatic carboxylic acids is 2. The molecule has 6 heterocycles. The molecule has 51 heteroatoms. The Bertz CT molecular complexity index is 4760.